The molecule has 1 aromatic carbocycles. The first-order valence-electron chi connectivity index (χ1n) is 9.16. The number of piperidine rings is 1. The third kappa shape index (κ3) is 3.95. The number of carbonyl (C=O) groups is 1. The number of methoxy groups -OCH3 is 1. The first-order chi connectivity index (χ1) is 13.7. The minimum atomic E-state index is -0.116. The number of ether oxygens (including phenoxy) is 2. The number of aromatic nitrogens is 4. The highest BCUT2D eigenvalue weighted by Gasteiger charge is 2.26. The number of amides is 1. The highest BCUT2D eigenvalue weighted by atomic mass is 16.5. The van der Waals surface area contributed by atoms with Crippen LogP contribution in [-0.2, 0) is 0 Å². The van der Waals surface area contributed by atoms with E-state index in [1.807, 2.05) is 41.4 Å². The van der Waals surface area contributed by atoms with E-state index in [1.165, 1.54) is 7.11 Å². The number of nitrogens with zero attached hydrogens (tertiary/aromatic N) is 5. The number of rotatable bonds is 5. The maximum absolute atomic E-state index is 13.0. The van der Waals surface area contributed by atoms with Gasteiger partial charge >= 0.3 is 0 Å². The maximum atomic E-state index is 13.0. The molecule has 1 aliphatic rings. The van der Waals surface area contributed by atoms with Gasteiger partial charge in [-0.1, -0.05) is 6.07 Å². The molecule has 1 amide bonds. The van der Waals surface area contributed by atoms with Crippen LogP contribution < -0.4 is 9.47 Å². The molecule has 0 N–H and O–H groups in total. The van der Waals surface area contributed by atoms with E-state index in [1.54, 1.807) is 23.0 Å². The number of hydrogen-bond acceptors (Lipinski definition) is 6. The molecule has 1 atom stereocenters. The first-order valence-corrected chi connectivity index (χ1v) is 9.16. The van der Waals surface area contributed by atoms with Crippen molar-refractivity contribution >= 4 is 5.91 Å². The van der Waals surface area contributed by atoms with Crippen molar-refractivity contribution in [1.29, 1.82) is 0 Å². The van der Waals surface area contributed by atoms with Crippen molar-refractivity contribution in [2.75, 3.05) is 20.2 Å². The Morgan fingerprint density at radius 3 is 2.75 bits per heavy atom. The second-order valence-corrected chi connectivity index (χ2v) is 6.55. The van der Waals surface area contributed by atoms with Crippen LogP contribution in [0.15, 0.2) is 54.9 Å². The first kappa shape index (κ1) is 18.0. The molecule has 2 aromatic heterocycles. The van der Waals surface area contributed by atoms with E-state index in [0.717, 1.165) is 18.5 Å². The summed E-state index contributed by atoms with van der Waals surface area (Å²) in [5, 5.41) is 12.1. The van der Waals surface area contributed by atoms with Crippen LogP contribution in [0.4, 0.5) is 0 Å². The Hall–Kier alpha value is -3.42. The Morgan fingerprint density at radius 1 is 1.14 bits per heavy atom. The molecule has 1 fully saturated rings. The summed E-state index contributed by atoms with van der Waals surface area (Å²) in [7, 11) is 1.54. The lowest BCUT2D eigenvalue weighted by atomic mass is 10.1. The van der Waals surface area contributed by atoms with Crippen molar-refractivity contribution in [2.24, 2.45) is 0 Å². The van der Waals surface area contributed by atoms with Crippen LogP contribution in [-0.4, -0.2) is 57.1 Å². The Morgan fingerprint density at radius 2 is 2.00 bits per heavy atom. The van der Waals surface area contributed by atoms with Crippen LogP contribution >= 0.6 is 0 Å². The zero-order chi connectivity index (χ0) is 19.3. The van der Waals surface area contributed by atoms with Crippen molar-refractivity contribution in [2.45, 2.75) is 18.9 Å². The van der Waals surface area contributed by atoms with E-state index in [2.05, 4.69) is 15.3 Å². The lowest BCUT2D eigenvalue weighted by molar-refractivity contribution is 0.0525. The number of hydrogen-bond donors (Lipinski definition) is 0. The molecular weight excluding hydrogens is 358 g/mol. The SMILES string of the molecule is COc1ccc(OC2CCCN(C(=O)c3cccc(-n4cccn4)c3)C2)nn1. The molecule has 0 bridgehead atoms. The summed E-state index contributed by atoms with van der Waals surface area (Å²) >= 11 is 0. The van der Waals surface area contributed by atoms with Gasteiger partial charge in [-0.05, 0) is 37.1 Å². The molecule has 144 valence electrons. The molecule has 1 aliphatic heterocycles. The van der Waals surface area contributed by atoms with Gasteiger partial charge in [-0.2, -0.15) is 5.10 Å². The molecule has 3 aromatic rings. The van der Waals surface area contributed by atoms with Crippen LogP contribution in [0.5, 0.6) is 11.8 Å². The smallest absolute Gasteiger partial charge is 0.254 e. The molecule has 0 radical (unpaired) electrons. The lowest BCUT2D eigenvalue weighted by Crippen LogP contribution is -2.44. The van der Waals surface area contributed by atoms with Gasteiger partial charge in [0.05, 0.1) is 19.3 Å². The molecule has 3 heterocycles. The van der Waals surface area contributed by atoms with Gasteiger partial charge in [0.2, 0.25) is 11.8 Å². The van der Waals surface area contributed by atoms with Gasteiger partial charge in [0.15, 0.2) is 0 Å². The Labute approximate surface area is 162 Å². The normalized spacial score (nSPS) is 16.6. The molecule has 0 saturated carbocycles. The quantitative estimate of drug-likeness (QED) is 0.677. The van der Waals surface area contributed by atoms with Gasteiger partial charge in [0, 0.05) is 36.6 Å². The fraction of sp³-hybridized carbons (Fsp3) is 0.300. The summed E-state index contributed by atoms with van der Waals surface area (Å²) in [6, 6.07) is 12.8. The third-order valence-corrected chi connectivity index (χ3v) is 4.64. The molecule has 1 saturated heterocycles. The van der Waals surface area contributed by atoms with Crippen LogP contribution in [0.1, 0.15) is 23.2 Å². The van der Waals surface area contributed by atoms with E-state index >= 15 is 0 Å². The maximum Gasteiger partial charge on any atom is 0.254 e. The Bertz CT molecular complexity index is 927. The van der Waals surface area contributed by atoms with E-state index in [0.29, 0.717) is 30.4 Å². The largest absolute Gasteiger partial charge is 0.480 e. The van der Waals surface area contributed by atoms with Crippen LogP contribution in [0.25, 0.3) is 5.69 Å². The van der Waals surface area contributed by atoms with Crippen molar-refractivity contribution in [3.8, 4) is 17.4 Å². The van der Waals surface area contributed by atoms with Gasteiger partial charge in [-0.25, -0.2) is 4.68 Å². The summed E-state index contributed by atoms with van der Waals surface area (Å²) in [6.07, 6.45) is 5.19. The number of likely N-dealkylation sites (tertiary alicyclic amines) is 1. The number of carbonyl (C=O) groups excluding carboxylic acids is 1. The molecule has 1 unspecified atom stereocenters. The summed E-state index contributed by atoms with van der Waals surface area (Å²) in [5.74, 6) is 0.855. The molecule has 28 heavy (non-hydrogen) atoms. The highest BCUT2D eigenvalue weighted by molar-refractivity contribution is 5.94. The van der Waals surface area contributed by atoms with E-state index in [-0.39, 0.29) is 12.0 Å². The van der Waals surface area contributed by atoms with Gasteiger partial charge in [0.25, 0.3) is 5.91 Å². The molecular formula is C20H21N5O3. The average Bonchev–Trinajstić information content (AvgIpc) is 3.29. The second-order valence-electron chi connectivity index (χ2n) is 6.55. The van der Waals surface area contributed by atoms with E-state index in [9.17, 15) is 4.79 Å². The van der Waals surface area contributed by atoms with Crippen molar-refractivity contribution in [3.05, 3.63) is 60.4 Å². The molecule has 8 nitrogen and oxygen atoms in total. The highest BCUT2D eigenvalue weighted by Crippen LogP contribution is 2.20. The second kappa shape index (κ2) is 8.08. The van der Waals surface area contributed by atoms with Crippen molar-refractivity contribution in [3.63, 3.8) is 0 Å². The zero-order valence-corrected chi connectivity index (χ0v) is 15.6. The average molecular weight is 379 g/mol. The minimum absolute atomic E-state index is 0.0110. The standard InChI is InChI=1S/C20H21N5O3/c1-27-18-8-9-19(23-22-18)28-17-7-3-11-24(14-17)20(26)15-5-2-6-16(13-15)25-12-4-10-21-25/h2,4-6,8-10,12-13,17H,3,7,11,14H2,1H3. The Kier molecular flexibility index (Phi) is 5.18. The summed E-state index contributed by atoms with van der Waals surface area (Å²) < 4.78 is 12.7. The summed E-state index contributed by atoms with van der Waals surface area (Å²) in [6.45, 7) is 1.22. The van der Waals surface area contributed by atoms with Gasteiger partial charge in [-0.3, -0.25) is 4.79 Å². The topological polar surface area (TPSA) is 82.4 Å². The van der Waals surface area contributed by atoms with Gasteiger partial charge < -0.3 is 14.4 Å². The molecule has 0 aliphatic carbocycles. The van der Waals surface area contributed by atoms with Gasteiger partial charge in [0.1, 0.15) is 6.10 Å². The molecule has 8 heteroatoms. The predicted molar refractivity (Wildman–Crippen MR) is 102 cm³/mol. The zero-order valence-electron chi connectivity index (χ0n) is 15.6. The monoisotopic (exact) mass is 379 g/mol. The van der Waals surface area contributed by atoms with Crippen LogP contribution in [0.2, 0.25) is 0 Å². The Balaban J connectivity index is 1.44. The molecule has 4 rings (SSSR count). The van der Waals surface area contributed by atoms with E-state index in [4.69, 9.17) is 9.47 Å². The van der Waals surface area contributed by atoms with Crippen molar-refractivity contribution < 1.29 is 14.3 Å². The summed E-state index contributed by atoms with van der Waals surface area (Å²) in [4.78, 5) is 14.8. The summed E-state index contributed by atoms with van der Waals surface area (Å²) in [5.41, 5.74) is 1.49. The molecule has 0 spiro atoms. The third-order valence-electron chi connectivity index (χ3n) is 4.64. The fourth-order valence-corrected chi connectivity index (χ4v) is 3.25. The van der Waals surface area contributed by atoms with Gasteiger partial charge in [-0.15, -0.1) is 10.2 Å². The van der Waals surface area contributed by atoms with Crippen LogP contribution in [0, 0.1) is 0 Å². The van der Waals surface area contributed by atoms with Crippen LogP contribution in [0.3, 0.4) is 0 Å². The lowest BCUT2D eigenvalue weighted by Gasteiger charge is -2.32. The van der Waals surface area contributed by atoms with Crippen molar-refractivity contribution in [1.82, 2.24) is 24.9 Å². The predicted octanol–water partition coefficient (Wildman–Crippen LogP) is 2.35. The van der Waals surface area contributed by atoms with E-state index < -0.39 is 0 Å². The number of benzene rings is 1. The fourth-order valence-electron chi connectivity index (χ4n) is 3.25. The minimum Gasteiger partial charge on any atom is -0.480 e.